The molecule has 0 saturated heterocycles. The summed E-state index contributed by atoms with van der Waals surface area (Å²) in [6.45, 7) is 1.05. The van der Waals surface area contributed by atoms with Crippen molar-refractivity contribution in [3.05, 3.63) is 154 Å². The molecule has 0 aromatic heterocycles. The summed E-state index contributed by atoms with van der Waals surface area (Å²) in [7, 11) is 1.85. The van der Waals surface area contributed by atoms with Crippen LogP contribution in [0.1, 0.15) is 79.0 Å². The Morgan fingerprint density at radius 3 is 2.24 bits per heavy atom. The van der Waals surface area contributed by atoms with E-state index in [9.17, 15) is 0 Å². The van der Waals surface area contributed by atoms with E-state index < -0.39 is 0 Å². The molecule has 7 rings (SSSR count). The lowest BCUT2D eigenvalue weighted by molar-refractivity contribution is 0.269. The third kappa shape index (κ3) is 6.12. The van der Waals surface area contributed by atoms with Gasteiger partial charge in [-0.25, -0.2) is 0 Å². The van der Waals surface area contributed by atoms with Gasteiger partial charge in [0.05, 0.1) is 12.9 Å². The Hall–Kier alpha value is -3.78. The summed E-state index contributed by atoms with van der Waals surface area (Å²) in [6, 6.07) is 31.4. The van der Waals surface area contributed by atoms with Crippen molar-refractivity contribution in [2.75, 3.05) is 13.7 Å². The molecule has 3 aromatic carbocycles. The zero-order valence-corrected chi connectivity index (χ0v) is 24.3. The van der Waals surface area contributed by atoms with Crippen LogP contribution in [0, 0.1) is 5.92 Å². The van der Waals surface area contributed by atoms with Crippen LogP contribution in [-0.4, -0.2) is 18.6 Å². The van der Waals surface area contributed by atoms with Crippen molar-refractivity contribution in [1.82, 2.24) is 4.90 Å². The zero-order valence-electron chi connectivity index (χ0n) is 24.3. The van der Waals surface area contributed by atoms with Crippen molar-refractivity contribution in [2.45, 2.75) is 63.2 Å². The van der Waals surface area contributed by atoms with Gasteiger partial charge >= 0.3 is 0 Å². The average Bonchev–Trinajstić information content (AvgIpc) is 3.87. The van der Waals surface area contributed by atoms with Crippen LogP contribution in [-0.2, 0) is 11.2 Å². The molecular formula is C39H41NO. The minimum Gasteiger partial charge on any atom is -0.501 e. The lowest BCUT2D eigenvalue weighted by Crippen LogP contribution is -2.22. The average molecular weight is 540 g/mol. The van der Waals surface area contributed by atoms with E-state index in [4.69, 9.17) is 4.74 Å². The Kier molecular flexibility index (Phi) is 7.40. The third-order valence-corrected chi connectivity index (χ3v) is 9.26. The van der Waals surface area contributed by atoms with Gasteiger partial charge < -0.3 is 9.64 Å². The maximum Gasteiger partial charge on any atom is 0.0950 e. The highest BCUT2D eigenvalue weighted by Gasteiger charge is 2.40. The number of hydrogen-bond donors (Lipinski definition) is 0. The van der Waals surface area contributed by atoms with Gasteiger partial charge in [-0.15, -0.1) is 0 Å². The van der Waals surface area contributed by atoms with Crippen molar-refractivity contribution in [2.24, 2.45) is 5.92 Å². The van der Waals surface area contributed by atoms with Crippen LogP contribution in [0.2, 0.25) is 0 Å². The lowest BCUT2D eigenvalue weighted by atomic mass is 9.84. The standard InChI is InChI=1S/C39H41NO/c1-41-38(30-19-20-30)26-35-25-36(35)33-16-8-10-28(24-33)11-9-23-40-27-34(21-22-37(40)29-17-18-29)39(31-12-4-2-5-13-31)32-14-6-3-7-15-32/h2-8,10,12-16,21-22,24,27,35-36,39H,9,11,17-20,23,25-26H2,1H3/t35?,36-/m1/s1. The molecule has 1 aliphatic heterocycles. The molecule has 1 heterocycles. The molecule has 3 fully saturated rings. The summed E-state index contributed by atoms with van der Waals surface area (Å²) in [5, 5.41) is 0. The Morgan fingerprint density at radius 2 is 1.59 bits per heavy atom. The Morgan fingerprint density at radius 1 is 0.854 bits per heavy atom. The molecule has 0 radical (unpaired) electrons. The monoisotopic (exact) mass is 539 g/mol. The number of allylic oxidation sites excluding steroid dienone is 6. The lowest BCUT2D eigenvalue weighted by Gasteiger charge is -2.30. The molecule has 2 nitrogen and oxygen atoms in total. The highest BCUT2D eigenvalue weighted by atomic mass is 16.5. The second kappa shape index (κ2) is 11.6. The molecule has 3 aromatic rings. The van der Waals surface area contributed by atoms with Crippen LogP contribution in [0.5, 0.6) is 0 Å². The van der Waals surface area contributed by atoms with Gasteiger partial charge in [0.25, 0.3) is 0 Å². The molecule has 0 bridgehead atoms. The molecule has 0 amide bonds. The Labute approximate surface area is 245 Å². The first-order chi connectivity index (χ1) is 20.3. The van der Waals surface area contributed by atoms with Crippen LogP contribution in [0.3, 0.4) is 0 Å². The number of benzene rings is 3. The predicted molar refractivity (Wildman–Crippen MR) is 168 cm³/mol. The molecule has 0 spiro atoms. The minimum atomic E-state index is 0.235. The van der Waals surface area contributed by atoms with Crippen molar-refractivity contribution in [1.29, 1.82) is 0 Å². The molecule has 1 unspecified atom stereocenters. The summed E-state index contributed by atoms with van der Waals surface area (Å²) in [4.78, 5) is 2.55. The van der Waals surface area contributed by atoms with Gasteiger partial charge in [0.1, 0.15) is 0 Å². The molecular weight excluding hydrogens is 498 g/mol. The molecule has 4 aliphatic rings. The van der Waals surface area contributed by atoms with Crippen LogP contribution < -0.4 is 0 Å². The highest BCUT2D eigenvalue weighted by molar-refractivity contribution is 5.49. The van der Waals surface area contributed by atoms with Gasteiger partial charge in [0.15, 0.2) is 0 Å². The Balaban J connectivity index is 1.04. The first-order valence-electron chi connectivity index (χ1n) is 15.6. The van der Waals surface area contributed by atoms with E-state index in [-0.39, 0.29) is 5.92 Å². The summed E-state index contributed by atoms with van der Waals surface area (Å²) < 4.78 is 5.71. The molecule has 208 valence electrons. The zero-order chi connectivity index (χ0) is 27.6. The first-order valence-corrected chi connectivity index (χ1v) is 15.6. The number of ether oxygens (including phenoxy) is 1. The van der Waals surface area contributed by atoms with Crippen molar-refractivity contribution in [3.8, 4) is 0 Å². The fourth-order valence-electron chi connectivity index (χ4n) is 6.69. The normalized spacial score (nSPS) is 20.8. The smallest absolute Gasteiger partial charge is 0.0950 e. The number of nitrogens with zero attached hydrogens (tertiary/aromatic N) is 1. The first kappa shape index (κ1) is 26.1. The fourth-order valence-corrected chi connectivity index (χ4v) is 6.69. The molecule has 3 aliphatic carbocycles. The van der Waals surface area contributed by atoms with E-state index in [2.05, 4.69) is 108 Å². The van der Waals surface area contributed by atoms with Gasteiger partial charge in [-0.2, -0.15) is 0 Å². The van der Waals surface area contributed by atoms with Crippen molar-refractivity contribution < 1.29 is 4.74 Å². The van der Waals surface area contributed by atoms with Crippen molar-refractivity contribution in [3.63, 3.8) is 0 Å². The minimum absolute atomic E-state index is 0.235. The Bertz CT molecular complexity index is 1460. The number of methoxy groups -OCH3 is 1. The number of aryl methyl sites for hydroxylation is 1. The maximum absolute atomic E-state index is 5.71. The molecule has 2 heteroatoms. The van der Waals surface area contributed by atoms with Crippen LogP contribution >= 0.6 is 0 Å². The summed E-state index contributed by atoms with van der Waals surface area (Å²) >= 11 is 0. The summed E-state index contributed by atoms with van der Waals surface area (Å²) in [5.74, 6) is 2.97. The molecule has 41 heavy (non-hydrogen) atoms. The largest absolute Gasteiger partial charge is 0.501 e. The van der Waals surface area contributed by atoms with Crippen LogP contribution in [0.15, 0.2) is 131 Å². The second-order valence-electron chi connectivity index (χ2n) is 12.3. The second-order valence-corrected chi connectivity index (χ2v) is 12.3. The van der Waals surface area contributed by atoms with Gasteiger partial charge in [-0.3, -0.25) is 0 Å². The third-order valence-electron chi connectivity index (χ3n) is 9.26. The van der Waals surface area contributed by atoms with E-state index in [0.29, 0.717) is 5.92 Å². The van der Waals surface area contributed by atoms with E-state index in [1.807, 2.05) is 7.11 Å². The summed E-state index contributed by atoms with van der Waals surface area (Å²) in [5.41, 5.74) is 11.6. The van der Waals surface area contributed by atoms with E-state index in [1.54, 1.807) is 11.1 Å². The van der Waals surface area contributed by atoms with Crippen LogP contribution in [0.25, 0.3) is 0 Å². The fraction of sp³-hybridized carbons (Fsp3) is 0.333. The highest BCUT2D eigenvalue weighted by Crippen LogP contribution is 2.52. The quantitative estimate of drug-likeness (QED) is 0.225. The van der Waals surface area contributed by atoms with Gasteiger partial charge in [0.2, 0.25) is 0 Å². The SMILES string of the molecule is COC(CC1C[C@@H]1c1cccc(CCCN2C=C(C(c3ccccc3)c3ccccc3)C=CC2=C2CC2)c1)=C1CC1. The van der Waals surface area contributed by atoms with E-state index in [0.717, 1.165) is 31.7 Å². The van der Waals surface area contributed by atoms with E-state index in [1.165, 1.54) is 71.4 Å². The van der Waals surface area contributed by atoms with Gasteiger partial charge in [0, 0.05) is 30.8 Å². The van der Waals surface area contributed by atoms with Gasteiger partial charge in [-0.1, -0.05) is 91.0 Å². The topological polar surface area (TPSA) is 12.5 Å². The van der Waals surface area contributed by atoms with E-state index >= 15 is 0 Å². The number of rotatable bonds is 11. The van der Waals surface area contributed by atoms with Crippen molar-refractivity contribution >= 4 is 0 Å². The molecule has 3 saturated carbocycles. The van der Waals surface area contributed by atoms with Gasteiger partial charge in [-0.05, 0) is 102 Å². The molecule has 2 atom stereocenters. The number of hydrogen-bond acceptors (Lipinski definition) is 2. The maximum atomic E-state index is 5.71. The summed E-state index contributed by atoms with van der Waals surface area (Å²) in [6.07, 6.45) is 16.9. The predicted octanol–water partition coefficient (Wildman–Crippen LogP) is 9.44. The van der Waals surface area contributed by atoms with Crippen LogP contribution in [0.4, 0.5) is 0 Å². The molecule has 0 N–H and O–H groups in total.